The molecule has 1 aromatic rings. The molecule has 1 saturated carbocycles. The fourth-order valence-electron chi connectivity index (χ4n) is 5.59. The monoisotopic (exact) mass is 355 g/mol. The number of hydrogen-bond acceptors (Lipinski definition) is 2. The smallest absolute Gasteiger partial charge is 0.319 e. The van der Waals surface area contributed by atoms with E-state index in [1.165, 1.54) is 51.4 Å². The van der Waals surface area contributed by atoms with Crippen molar-refractivity contribution < 1.29 is 4.79 Å². The summed E-state index contributed by atoms with van der Waals surface area (Å²) < 4.78 is 0. The summed E-state index contributed by atoms with van der Waals surface area (Å²) in [5.41, 5.74) is 2.04. The second-order valence-electron chi connectivity index (χ2n) is 8.61. The molecule has 0 radical (unpaired) electrons. The van der Waals surface area contributed by atoms with Crippen LogP contribution in [0.1, 0.15) is 69.8 Å². The van der Waals surface area contributed by atoms with Crippen molar-refractivity contribution >= 4 is 11.7 Å². The van der Waals surface area contributed by atoms with E-state index < -0.39 is 0 Å². The molecule has 3 fully saturated rings. The summed E-state index contributed by atoms with van der Waals surface area (Å²) in [6, 6.07) is 10.4. The molecule has 1 aromatic carbocycles. The van der Waals surface area contributed by atoms with Crippen LogP contribution in [0, 0.1) is 6.92 Å². The van der Waals surface area contributed by atoms with Gasteiger partial charge in [0, 0.05) is 29.9 Å². The number of hydrogen-bond donors (Lipinski definition) is 2. The number of fused-ring (bicyclic) bond motifs is 2. The van der Waals surface area contributed by atoms with Crippen molar-refractivity contribution in [1.29, 1.82) is 0 Å². The van der Waals surface area contributed by atoms with Crippen LogP contribution >= 0.6 is 0 Å². The first-order valence-electron chi connectivity index (χ1n) is 10.6. The maximum Gasteiger partial charge on any atom is 0.319 e. The van der Waals surface area contributed by atoms with Crippen LogP contribution in [-0.4, -0.2) is 35.1 Å². The SMILES string of the molecule is Cc1cccc(NC(=O)NC2CC3CCCC(C2)N3C2CCCCC2)c1. The number of urea groups is 1. The van der Waals surface area contributed by atoms with E-state index in [4.69, 9.17) is 0 Å². The number of benzene rings is 1. The normalized spacial score (nSPS) is 30.0. The molecule has 2 N–H and O–H groups in total. The quantitative estimate of drug-likeness (QED) is 0.815. The van der Waals surface area contributed by atoms with E-state index in [1.54, 1.807) is 0 Å². The second-order valence-corrected chi connectivity index (χ2v) is 8.61. The molecule has 4 nitrogen and oxygen atoms in total. The average Bonchev–Trinajstić information content (AvgIpc) is 2.61. The summed E-state index contributed by atoms with van der Waals surface area (Å²) in [6.45, 7) is 2.05. The van der Waals surface area contributed by atoms with Gasteiger partial charge in [0.1, 0.15) is 0 Å². The molecule has 2 atom stereocenters. The van der Waals surface area contributed by atoms with Crippen molar-refractivity contribution in [2.24, 2.45) is 0 Å². The van der Waals surface area contributed by atoms with Gasteiger partial charge < -0.3 is 10.6 Å². The maximum atomic E-state index is 12.5. The minimum Gasteiger partial charge on any atom is -0.335 e. The Morgan fingerprint density at radius 2 is 1.65 bits per heavy atom. The van der Waals surface area contributed by atoms with Gasteiger partial charge in [-0.05, 0) is 63.1 Å². The van der Waals surface area contributed by atoms with Gasteiger partial charge in [0.15, 0.2) is 0 Å². The fraction of sp³-hybridized carbons (Fsp3) is 0.682. The van der Waals surface area contributed by atoms with Gasteiger partial charge in [0.05, 0.1) is 0 Å². The van der Waals surface area contributed by atoms with Gasteiger partial charge >= 0.3 is 6.03 Å². The molecule has 4 heteroatoms. The lowest BCUT2D eigenvalue weighted by Gasteiger charge is -2.53. The summed E-state index contributed by atoms with van der Waals surface area (Å²) in [7, 11) is 0. The molecular weight excluding hydrogens is 322 g/mol. The molecular formula is C22H33N3O. The minimum absolute atomic E-state index is 0.0511. The lowest BCUT2D eigenvalue weighted by atomic mass is 9.78. The Balaban J connectivity index is 1.35. The number of carbonyl (C=O) groups excluding carboxylic acids is 1. The van der Waals surface area contributed by atoms with E-state index in [0.29, 0.717) is 18.1 Å². The predicted octanol–water partition coefficient (Wildman–Crippen LogP) is 4.83. The Hall–Kier alpha value is -1.55. The van der Waals surface area contributed by atoms with Crippen molar-refractivity contribution in [3.05, 3.63) is 29.8 Å². The Bertz CT molecular complexity index is 612. The lowest BCUT2D eigenvalue weighted by molar-refractivity contribution is -0.0202. The lowest BCUT2D eigenvalue weighted by Crippen LogP contribution is -2.60. The number of rotatable bonds is 3. The average molecular weight is 356 g/mol. The zero-order chi connectivity index (χ0) is 17.9. The molecule has 2 unspecified atom stereocenters. The molecule has 3 aliphatic rings. The van der Waals surface area contributed by atoms with Gasteiger partial charge in [0.2, 0.25) is 0 Å². The number of carbonyl (C=O) groups is 1. The van der Waals surface area contributed by atoms with Crippen LogP contribution in [0.15, 0.2) is 24.3 Å². The molecule has 2 heterocycles. The number of nitrogens with one attached hydrogen (secondary N) is 2. The summed E-state index contributed by atoms with van der Waals surface area (Å²) in [4.78, 5) is 15.3. The van der Waals surface area contributed by atoms with E-state index in [0.717, 1.165) is 30.1 Å². The van der Waals surface area contributed by atoms with Crippen LogP contribution in [0.5, 0.6) is 0 Å². The van der Waals surface area contributed by atoms with Gasteiger partial charge in [-0.15, -0.1) is 0 Å². The highest BCUT2D eigenvalue weighted by Crippen LogP contribution is 2.39. The Kier molecular flexibility index (Phi) is 5.49. The first-order chi connectivity index (χ1) is 12.7. The number of nitrogens with zero attached hydrogens (tertiary/aromatic N) is 1. The topological polar surface area (TPSA) is 44.4 Å². The Morgan fingerprint density at radius 3 is 2.35 bits per heavy atom. The third-order valence-electron chi connectivity index (χ3n) is 6.64. The van der Waals surface area contributed by atoms with Crippen molar-refractivity contribution in [3.8, 4) is 0 Å². The first kappa shape index (κ1) is 17.8. The molecule has 2 saturated heterocycles. The van der Waals surface area contributed by atoms with E-state index in [-0.39, 0.29) is 6.03 Å². The zero-order valence-corrected chi connectivity index (χ0v) is 16.0. The van der Waals surface area contributed by atoms with Gasteiger partial charge in [0.25, 0.3) is 0 Å². The third-order valence-corrected chi connectivity index (χ3v) is 6.64. The highest BCUT2D eigenvalue weighted by atomic mass is 16.2. The van der Waals surface area contributed by atoms with Crippen LogP contribution < -0.4 is 10.6 Å². The van der Waals surface area contributed by atoms with Crippen molar-refractivity contribution in [1.82, 2.24) is 10.2 Å². The van der Waals surface area contributed by atoms with E-state index in [1.807, 2.05) is 31.2 Å². The van der Waals surface area contributed by atoms with Crippen LogP contribution in [-0.2, 0) is 0 Å². The van der Waals surface area contributed by atoms with E-state index in [2.05, 4.69) is 15.5 Å². The Morgan fingerprint density at radius 1 is 0.962 bits per heavy atom. The number of amides is 2. The largest absolute Gasteiger partial charge is 0.335 e. The van der Waals surface area contributed by atoms with Gasteiger partial charge in [-0.1, -0.05) is 37.8 Å². The first-order valence-corrected chi connectivity index (χ1v) is 10.6. The predicted molar refractivity (Wildman–Crippen MR) is 106 cm³/mol. The summed E-state index contributed by atoms with van der Waals surface area (Å²) in [5.74, 6) is 0. The van der Waals surface area contributed by atoms with Gasteiger partial charge in [-0.3, -0.25) is 4.90 Å². The van der Waals surface area contributed by atoms with Crippen LogP contribution in [0.2, 0.25) is 0 Å². The second kappa shape index (κ2) is 7.99. The minimum atomic E-state index is -0.0511. The molecule has 142 valence electrons. The van der Waals surface area contributed by atoms with Crippen molar-refractivity contribution in [3.63, 3.8) is 0 Å². The van der Waals surface area contributed by atoms with Crippen molar-refractivity contribution in [2.45, 2.75) is 95.3 Å². The fourth-order valence-corrected chi connectivity index (χ4v) is 5.59. The molecule has 26 heavy (non-hydrogen) atoms. The zero-order valence-electron chi connectivity index (χ0n) is 16.0. The highest BCUT2D eigenvalue weighted by molar-refractivity contribution is 5.89. The maximum absolute atomic E-state index is 12.5. The van der Waals surface area contributed by atoms with Crippen LogP contribution in [0.25, 0.3) is 0 Å². The van der Waals surface area contributed by atoms with Gasteiger partial charge in [-0.2, -0.15) is 0 Å². The van der Waals surface area contributed by atoms with Crippen LogP contribution in [0.4, 0.5) is 10.5 Å². The molecule has 1 aliphatic carbocycles. The summed E-state index contributed by atoms with van der Waals surface area (Å²) in [5, 5.41) is 6.27. The molecule has 4 rings (SSSR count). The third kappa shape index (κ3) is 4.06. The highest BCUT2D eigenvalue weighted by Gasteiger charge is 2.41. The standard InChI is InChI=1S/C22H33N3O/c1-16-7-5-8-17(13-16)23-22(26)24-18-14-20-11-6-12-21(15-18)25(20)19-9-3-2-4-10-19/h5,7-8,13,18-21H,2-4,6,9-12,14-15H2,1H3,(H2,23,24,26). The number of anilines is 1. The van der Waals surface area contributed by atoms with Crippen LogP contribution in [0.3, 0.4) is 0 Å². The summed E-state index contributed by atoms with van der Waals surface area (Å²) in [6.07, 6.45) is 13.2. The number of piperidine rings is 2. The molecule has 2 aliphatic heterocycles. The molecule has 0 aromatic heterocycles. The van der Waals surface area contributed by atoms with Gasteiger partial charge in [-0.25, -0.2) is 4.79 Å². The van der Waals surface area contributed by atoms with E-state index in [9.17, 15) is 4.79 Å². The van der Waals surface area contributed by atoms with E-state index >= 15 is 0 Å². The number of aryl methyl sites for hydroxylation is 1. The molecule has 2 amide bonds. The Labute approximate surface area is 157 Å². The molecule has 0 spiro atoms. The van der Waals surface area contributed by atoms with Crippen molar-refractivity contribution in [2.75, 3.05) is 5.32 Å². The summed E-state index contributed by atoms with van der Waals surface area (Å²) >= 11 is 0. The molecule has 2 bridgehead atoms.